The van der Waals surface area contributed by atoms with Crippen molar-refractivity contribution >= 4 is 11.6 Å². The Kier molecular flexibility index (Phi) is 3.50. The molecule has 0 radical (unpaired) electrons. The van der Waals surface area contributed by atoms with Gasteiger partial charge >= 0.3 is 0 Å². The Labute approximate surface area is 103 Å². The summed E-state index contributed by atoms with van der Waals surface area (Å²) in [5.41, 5.74) is 0.453. The van der Waals surface area contributed by atoms with Crippen LogP contribution in [0.2, 0.25) is 0 Å². The number of hydrogen-bond donors (Lipinski definition) is 2. The minimum atomic E-state index is 0.453. The van der Waals surface area contributed by atoms with Gasteiger partial charge in [-0.2, -0.15) is 0 Å². The van der Waals surface area contributed by atoms with Crippen LogP contribution >= 0.6 is 0 Å². The van der Waals surface area contributed by atoms with Gasteiger partial charge in [0, 0.05) is 19.2 Å². The third-order valence-electron chi connectivity index (χ3n) is 3.48. The second-order valence-electron chi connectivity index (χ2n) is 5.64. The summed E-state index contributed by atoms with van der Waals surface area (Å²) in [5, 5.41) is 6.55. The van der Waals surface area contributed by atoms with Crippen molar-refractivity contribution in [1.29, 1.82) is 0 Å². The molecule has 4 heteroatoms. The predicted molar refractivity (Wildman–Crippen MR) is 71.2 cm³/mol. The fraction of sp³-hybridized carbons (Fsp3) is 0.692. The molecule has 1 heterocycles. The van der Waals surface area contributed by atoms with E-state index >= 15 is 0 Å². The van der Waals surface area contributed by atoms with Crippen LogP contribution in [-0.2, 0) is 0 Å². The van der Waals surface area contributed by atoms with Gasteiger partial charge in [0.2, 0.25) is 0 Å². The Balaban J connectivity index is 2.00. The summed E-state index contributed by atoms with van der Waals surface area (Å²) >= 11 is 0. The summed E-state index contributed by atoms with van der Waals surface area (Å²) in [6.07, 6.45) is 6.68. The molecule has 0 aromatic carbocycles. The molecule has 0 spiro atoms. The Morgan fingerprint density at radius 2 is 2.06 bits per heavy atom. The van der Waals surface area contributed by atoms with E-state index in [4.69, 9.17) is 0 Å². The maximum atomic E-state index is 4.27. The maximum Gasteiger partial charge on any atom is 0.131 e. The van der Waals surface area contributed by atoms with Crippen LogP contribution in [0.5, 0.6) is 0 Å². The lowest BCUT2D eigenvalue weighted by molar-refractivity contribution is 0.229. The van der Waals surface area contributed by atoms with Crippen molar-refractivity contribution in [2.24, 2.45) is 5.41 Å². The van der Waals surface area contributed by atoms with E-state index in [-0.39, 0.29) is 0 Å². The number of nitrogens with one attached hydrogen (secondary N) is 2. The van der Waals surface area contributed by atoms with E-state index in [1.165, 1.54) is 25.7 Å². The highest BCUT2D eigenvalue weighted by molar-refractivity contribution is 5.46. The normalized spacial score (nSPS) is 23.1. The van der Waals surface area contributed by atoms with Crippen molar-refractivity contribution in [2.75, 3.05) is 17.7 Å². The van der Waals surface area contributed by atoms with Gasteiger partial charge < -0.3 is 10.6 Å². The minimum absolute atomic E-state index is 0.453. The van der Waals surface area contributed by atoms with Crippen molar-refractivity contribution in [3.63, 3.8) is 0 Å². The van der Waals surface area contributed by atoms with Gasteiger partial charge in [0.05, 0.1) is 0 Å². The summed E-state index contributed by atoms with van der Waals surface area (Å²) < 4.78 is 0. The number of aromatic nitrogens is 2. The molecular weight excluding hydrogens is 212 g/mol. The highest BCUT2D eigenvalue weighted by Crippen LogP contribution is 2.36. The number of hydrogen-bond acceptors (Lipinski definition) is 4. The molecule has 1 aromatic rings. The van der Waals surface area contributed by atoms with Gasteiger partial charge in [-0.3, -0.25) is 0 Å². The van der Waals surface area contributed by atoms with Crippen molar-refractivity contribution < 1.29 is 0 Å². The fourth-order valence-corrected chi connectivity index (χ4v) is 2.60. The highest BCUT2D eigenvalue weighted by atomic mass is 15.1. The van der Waals surface area contributed by atoms with Crippen molar-refractivity contribution in [3.05, 3.63) is 12.4 Å². The molecule has 2 rings (SSSR count). The first kappa shape index (κ1) is 12.1. The van der Waals surface area contributed by atoms with E-state index < -0.39 is 0 Å². The lowest BCUT2D eigenvalue weighted by Gasteiger charge is -2.35. The third kappa shape index (κ3) is 3.32. The van der Waals surface area contributed by atoms with Gasteiger partial charge in [0.1, 0.15) is 18.0 Å². The third-order valence-corrected chi connectivity index (χ3v) is 3.48. The smallest absolute Gasteiger partial charge is 0.131 e. The fourth-order valence-electron chi connectivity index (χ4n) is 2.60. The van der Waals surface area contributed by atoms with Crippen molar-refractivity contribution in [2.45, 2.75) is 45.6 Å². The van der Waals surface area contributed by atoms with E-state index in [1.54, 1.807) is 6.33 Å². The maximum absolute atomic E-state index is 4.27. The topological polar surface area (TPSA) is 49.8 Å². The monoisotopic (exact) mass is 234 g/mol. The molecule has 0 aliphatic heterocycles. The van der Waals surface area contributed by atoms with Gasteiger partial charge in [-0.1, -0.05) is 20.3 Å². The van der Waals surface area contributed by atoms with E-state index in [0.717, 1.165) is 11.6 Å². The molecule has 17 heavy (non-hydrogen) atoms. The lowest BCUT2D eigenvalue weighted by Crippen LogP contribution is -2.32. The van der Waals surface area contributed by atoms with Crippen LogP contribution in [0.25, 0.3) is 0 Å². The van der Waals surface area contributed by atoms with Crippen LogP contribution in [0, 0.1) is 5.41 Å². The lowest BCUT2D eigenvalue weighted by atomic mass is 9.75. The van der Waals surface area contributed by atoms with E-state index in [1.807, 2.05) is 13.1 Å². The van der Waals surface area contributed by atoms with E-state index in [0.29, 0.717) is 11.5 Å². The SMILES string of the molecule is CNc1cc(NC2CCCC(C)(C)C2)ncn1. The molecule has 4 nitrogen and oxygen atoms in total. The molecule has 1 aromatic heterocycles. The number of nitrogens with zero attached hydrogens (tertiary/aromatic N) is 2. The summed E-state index contributed by atoms with van der Waals surface area (Å²) in [7, 11) is 1.87. The zero-order valence-electron chi connectivity index (χ0n) is 11.0. The summed E-state index contributed by atoms with van der Waals surface area (Å²) in [5.74, 6) is 1.78. The molecule has 1 unspecified atom stereocenters. The largest absolute Gasteiger partial charge is 0.373 e. The second-order valence-corrected chi connectivity index (χ2v) is 5.64. The molecule has 94 valence electrons. The van der Waals surface area contributed by atoms with Crippen LogP contribution in [0.15, 0.2) is 12.4 Å². The Morgan fingerprint density at radius 3 is 2.76 bits per heavy atom. The Bertz CT molecular complexity index is 375. The summed E-state index contributed by atoms with van der Waals surface area (Å²) in [6, 6.07) is 2.50. The minimum Gasteiger partial charge on any atom is -0.373 e. The first-order chi connectivity index (χ1) is 8.09. The van der Waals surface area contributed by atoms with Gasteiger partial charge in [0.15, 0.2) is 0 Å². The van der Waals surface area contributed by atoms with Gasteiger partial charge in [0.25, 0.3) is 0 Å². The molecule has 1 saturated carbocycles. The van der Waals surface area contributed by atoms with E-state index in [9.17, 15) is 0 Å². The zero-order chi connectivity index (χ0) is 12.3. The first-order valence-electron chi connectivity index (χ1n) is 6.35. The summed E-state index contributed by atoms with van der Waals surface area (Å²) in [4.78, 5) is 8.38. The second kappa shape index (κ2) is 4.90. The van der Waals surface area contributed by atoms with Gasteiger partial charge in [-0.15, -0.1) is 0 Å². The van der Waals surface area contributed by atoms with Gasteiger partial charge in [-0.05, 0) is 24.7 Å². The highest BCUT2D eigenvalue weighted by Gasteiger charge is 2.27. The molecule has 1 fully saturated rings. The summed E-state index contributed by atoms with van der Waals surface area (Å²) in [6.45, 7) is 4.69. The molecule has 2 N–H and O–H groups in total. The van der Waals surface area contributed by atoms with Crippen LogP contribution in [0.4, 0.5) is 11.6 Å². The first-order valence-corrected chi connectivity index (χ1v) is 6.35. The standard InChI is InChI=1S/C13H22N4/c1-13(2)6-4-5-10(8-13)17-12-7-11(14-3)15-9-16-12/h7,9-10H,4-6,8H2,1-3H3,(H2,14,15,16,17). The molecule has 0 bridgehead atoms. The van der Waals surface area contributed by atoms with E-state index in [2.05, 4.69) is 34.4 Å². The van der Waals surface area contributed by atoms with Gasteiger partial charge in [-0.25, -0.2) is 9.97 Å². The van der Waals surface area contributed by atoms with Crippen LogP contribution < -0.4 is 10.6 Å². The molecule has 0 saturated heterocycles. The average Bonchev–Trinajstić information content (AvgIpc) is 2.28. The van der Waals surface area contributed by atoms with Crippen molar-refractivity contribution in [3.8, 4) is 0 Å². The predicted octanol–water partition coefficient (Wildman–Crippen LogP) is 2.90. The molecule has 1 atom stereocenters. The molecule has 1 aliphatic rings. The Morgan fingerprint density at radius 1 is 1.29 bits per heavy atom. The Hall–Kier alpha value is -1.32. The number of rotatable bonds is 3. The average molecular weight is 234 g/mol. The molecule has 0 amide bonds. The van der Waals surface area contributed by atoms with Crippen LogP contribution in [0.3, 0.4) is 0 Å². The molecule has 1 aliphatic carbocycles. The quantitative estimate of drug-likeness (QED) is 0.844. The van der Waals surface area contributed by atoms with Crippen LogP contribution in [0.1, 0.15) is 39.5 Å². The van der Waals surface area contributed by atoms with Crippen LogP contribution in [-0.4, -0.2) is 23.1 Å². The zero-order valence-corrected chi connectivity index (χ0v) is 11.0. The number of anilines is 2. The van der Waals surface area contributed by atoms with Crippen molar-refractivity contribution in [1.82, 2.24) is 9.97 Å². The molecular formula is C13H22N4.